The van der Waals surface area contributed by atoms with Crippen molar-refractivity contribution in [1.82, 2.24) is 14.9 Å². The molecule has 100 valence electrons. The number of nitrogens with one attached hydrogen (secondary N) is 1. The lowest BCUT2D eigenvalue weighted by Crippen LogP contribution is -1.96. The van der Waals surface area contributed by atoms with Crippen LogP contribution in [0.2, 0.25) is 0 Å². The van der Waals surface area contributed by atoms with E-state index in [4.69, 9.17) is 21.7 Å². The third-order valence-electron chi connectivity index (χ3n) is 2.35. The first-order valence-corrected chi connectivity index (χ1v) is 6.12. The van der Waals surface area contributed by atoms with Crippen LogP contribution in [0.1, 0.15) is 12.5 Å². The maximum Gasteiger partial charge on any atom is 0.216 e. The largest absolute Gasteiger partial charge is 0.493 e. The molecule has 2 rings (SSSR count). The summed E-state index contributed by atoms with van der Waals surface area (Å²) in [7, 11) is 1.60. The van der Waals surface area contributed by atoms with Crippen LogP contribution < -0.4 is 9.47 Å². The number of methoxy groups -OCH3 is 1. The van der Waals surface area contributed by atoms with E-state index in [2.05, 4.69) is 15.3 Å². The van der Waals surface area contributed by atoms with Crippen LogP contribution in [-0.2, 0) is 0 Å². The number of nitrogens with zero attached hydrogens (tertiary/aromatic N) is 3. The molecule has 1 heterocycles. The van der Waals surface area contributed by atoms with Crippen LogP contribution in [0.5, 0.6) is 11.5 Å². The Labute approximate surface area is 115 Å². The van der Waals surface area contributed by atoms with Crippen LogP contribution in [0.25, 0.3) is 0 Å². The predicted molar refractivity (Wildman–Crippen MR) is 74.6 cm³/mol. The number of hydrogen-bond donors (Lipinski definition) is 1. The molecule has 0 aliphatic heterocycles. The van der Waals surface area contributed by atoms with Gasteiger partial charge in [-0.25, -0.2) is 0 Å². The molecule has 2 aromatic rings. The Morgan fingerprint density at radius 2 is 2.32 bits per heavy atom. The van der Waals surface area contributed by atoms with Gasteiger partial charge in [0.15, 0.2) is 11.5 Å². The van der Waals surface area contributed by atoms with E-state index in [1.54, 1.807) is 13.3 Å². The normalized spacial score (nSPS) is 10.8. The van der Waals surface area contributed by atoms with Crippen molar-refractivity contribution in [3.63, 3.8) is 0 Å². The highest BCUT2D eigenvalue weighted by molar-refractivity contribution is 7.71. The zero-order valence-corrected chi connectivity index (χ0v) is 11.5. The number of H-pyrrole nitrogens is 1. The fourth-order valence-corrected chi connectivity index (χ4v) is 1.64. The lowest BCUT2D eigenvalue weighted by Gasteiger charge is -2.09. The van der Waals surface area contributed by atoms with Gasteiger partial charge in [-0.3, -0.25) is 5.10 Å². The fourth-order valence-electron chi connectivity index (χ4n) is 1.49. The van der Waals surface area contributed by atoms with Crippen LogP contribution >= 0.6 is 12.2 Å². The second-order valence-electron chi connectivity index (χ2n) is 3.59. The molecule has 0 spiro atoms. The Morgan fingerprint density at radius 3 is 2.95 bits per heavy atom. The smallest absolute Gasteiger partial charge is 0.216 e. The van der Waals surface area contributed by atoms with Crippen LogP contribution in [-0.4, -0.2) is 34.8 Å². The van der Waals surface area contributed by atoms with Crippen LogP contribution in [0.3, 0.4) is 0 Å². The van der Waals surface area contributed by atoms with Crippen molar-refractivity contribution >= 4 is 18.4 Å². The highest BCUT2D eigenvalue weighted by Crippen LogP contribution is 2.27. The second kappa shape index (κ2) is 6.14. The number of aromatic nitrogens is 3. The average molecular weight is 278 g/mol. The standard InChI is InChI=1S/C12H14N4O2S/c1-3-18-10-5-4-9(6-11(10)17-2)7-14-16-8-13-15-12(16)19/h4-8H,3H2,1-2H3,(H,15,19)/b14-7+. The summed E-state index contributed by atoms with van der Waals surface area (Å²) in [5, 5.41) is 10.6. The molecular formula is C12H14N4O2S. The number of benzene rings is 1. The third kappa shape index (κ3) is 3.19. The van der Waals surface area contributed by atoms with Gasteiger partial charge in [0, 0.05) is 0 Å². The van der Waals surface area contributed by atoms with E-state index in [1.165, 1.54) is 11.0 Å². The predicted octanol–water partition coefficient (Wildman–Crippen LogP) is 2.23. The summed E-state index contributed by atoms with van der Waals surface area (Å²) in [6.45, 7) is 2.52. The number of aromatic amines is 1. The van der Waals surface area contributed by atoms with E-state index in [9.17, 15) is 0 Å². The summed E-state index contributed by atoms with van der Waals surface area (Å²) in [5.41, 5.74) is 0.878. The molecule has 1 N–H and O–H groups in total. The maximum atomic E-state index is 5.45. The highest BCUT2D eigenvalue weighted by Gasteiger charge is 2.04. The van der Waals surface area contributed by atoms with Gasteiger partial charge in [-0.1, -0.05) is 0 Å². The molecule has 19 heavy (non-hydrogen) atoms. The van der Waals surface area contributed by atoms with Crippen LogP contribution in [0, 0.1) is 4.77 Å². The molecule has 0 unspecified atom stereocenters. The monoisotopic (exact) mass is 278 g/mol. The molecule has 1 aromatic carbocycles. The van der Waals surface area contributed by atoms with Crippen molar-refractivity contribution in [1.29, 1.82) is 0 Å². The van der Waals surface area contributed by atoms with Gasteiger partial charge in [-0.15, -0.1) is 0 Å². The molecule has 7 heteroatoms. The topological polar surface area (TPSA) is 64.4 Å². The van der Waals surface area contributed by atoms with Crippen molar-refractivity contribution in [2.24, 2.45) is 5.10 Å². The molecule has 0 aliphatic carbocycles. The molecule has 0 radical (unpaired) electrons. The number of hydrogen-bond acceptors (Lipinski definition) is 5. The Bertz CT molecular complexity index is 633. The van der Waals surface area contributed by atoms with Crippen molar-refractivity contribution < 1.29 is 9.47 Å². The third-order valence-corrected chi connectivity index (χ3v) is 2.63. The maximum absolute atomic E-state index is 5.45. The summed E-state index contributed by atoms with van der Waals surface area (Å²) in [6.07, 6.45) is 3.17. The molecule has 0 amide bonds. The highest BCUT2D eigenvalue weighted by atomic mass is 32.1. The first-order valence-electron chi connectivity index (χ1n) is 5.71. The van der Waals surface area contributed by atoms with Crippen molar-refractivity contribution in [3.05, 3.63) is 34.9 Å². The van der Waals surface area contributed by atoms with E-state index in [0.717, 1.165) is 5.56 Å². The van der Waals surface area contributed by atoms with Crippen molar-refractivity contribution in [2.45, 2.75) is 6.92 Å². The van der Waals surface area contributed by atoms with Crippen molar-refractivity contribution in [3.8, 4) is 11.5 Å². The van der Waals surface area contributed by atoms with E-state index in [0.29, 0.717) is 22.9 Å². The van der Waals surface area contributed by atoms with E-state index in [1.807, 2.05) is 25.1 Å². The van der Waals surface area contributed by atoms with Gasteiger partial charge in [0.05, 0.1) is 19.9 Å². The molecule has 0 atom stereocenters. The summed E-state index contributed by atoms with van der Waals surface area (Å²) in [6, 6.07) is 5.58. The Kier molecular flexibility index (Phi) is 4.30. The van der Waals surface area contributed by atoms with E-state index >= 15 is 0 Å². The lowest BCUT2D eigenvalue weighted by molar-refractivity contribution is 0.311. The zero-order valence-electron chi connectivity index (χ0n) is 10.7. The molecule has 0 aliphatic rings. The minimum atomic E-state index is 0.439. The molecule has 6 nitrogen and oxygen atoms in total. The SMILES string of the molecule is CCOc1ccc(/C=N/n2cn[nH]c2=S)cc1OC. The van der Waals surface area contributed by atoms with Gasteiger partial charge in [-0.2, -0.15) is 14.9 Å². The van der Waals surface area contributed by atoms with Gasteiger partial charge < -0.3 is 9.47 Å². The number of rotatable bonds is 5. The first kappa shape index (κ1) is 13.3. The minimum Gasteiger partial charge on any atom is -0.493 e. The lowest BCUT2D eigenvalue weighted by atomic mass is 10.2. The van der Waals surface area contributed by atoms with Gasteiger partial charge in [-0.05, 0) is 42.9 Å². The van der Waals surface area contributed by atoms with Gasteiger partial charge >= 0.3 is 0 Å². The van der Waals surface area contributed by atoms with E-state index < -0.39 is 0 Å². The quantitative estimate of drug-likeness (QED) is 0.673. The molecular weight excluding hydrogens is 264 g/mol. The Hall–Kier alpha value is -2.15. The Morgan fingerprint density at radius 1 is 1.47 bits per heavy atom. The summed E-state index contributed by atoms with van der Waals surface area (Å²) in [4.78, 5) is 0. The molecule has 0 saturated heterocycles. The number of ether oxygens (including phenoxy) is 2. The zero-order chi connectivity index (χ0) is 13.7. The second-order valence-corrected chi connectivity index (χ2v) is 3.98. The van der Waals surface area contributed by atoms with Crippen molar-refractivity contribution in [2.75, 3.05) is 13.7 Å². The average Bonchev–Trinajstić information content (AvgIpc) is 2.83. The minimum absolute atomic E-state index is 0.439. The van der Waals surface area contributed by atoms with Gasteiger partial charge in [0.2, 0.25) is 4.77 Å². The summed E-state index contributed by atoms with van der Waals surface area (Å²) in [5.74, 6) is 1.38. The molecule has 1 aromatic heterocycles. The van der Waals surface area contributed by atoms with Gasteiger partial charge in [0.1, 0.15) is 6.33 Å². The van der Waals surface area contributed by atoms with Crippen LogP contribution in [0.15, 0.2) is 29.6 Å². The van der Waals surface area contributed by atoms with E-state index in [-0.39, 0.29) is 0 Å². The molecule has 0 bridgehead atoms. The summed E-state index contributed by atoms with van der Waals surface area (Å²) < 4.78 is 12.6. The molecule has 0 saturated carbocycles. The van der Waals surface area contributed by atoms with Gasteiger partial charge in [0.25, 0.3) is 0 Å². The van der Waals surface area contributed by atoms with Crippen LogP contribution in [0.4, 0.5) is 0 Å². The Balaban J connectivity index is 2.24. The summed E-state index contributed by atoms with van der Waals surface area (Å²) >= 11 is 4.99. The first-order chi connectivity index (χ1) is 9.24. The molecule has 0 fully saturated rings. The fraction of sp³-hybridized carbons (Fsp3) is 0.250.